The molecule has 0 saturated carbocycles. The lowest BCUT2D eigenvalue weighted by molar-refractivity contribution is -0.137. The summed E-state index contributed by atoms with van der Waals surface area (Å²) in [7, 11) is -0.950. The van der Waals surface area contributed by atoms with Gasteiger partial charge in [-0.1, -0.05) is 42.5 Å². The van der Waals surface area contributed by atoms with Crippen LogP contribution in [0.4, 0.5) is 0 Å². The van der Waals surface area contributed by atoms with Gasteiger partial charge >= 0.3 is 16.2 Å². The van der Waals surface area contributed by atoms with Gasteiger partial charge in [0.25, 0.3) is 0 Å². The molecule has 0 bridgehead atoms. The first-order valence-electron chi connectivity index (χ1n) is 10.4. The van der Waals surface area contributed by atoms with Crippen LogP contribution in [-0.2, 0) is 32.8 Å². The molecule has 174 valence electrons. The number of rotatable bonds is 10. The Bertz CT molecular complexity index is 1200. The van der Waals surface area contributed by atoms with E-state index in [0.29, 0.717) is 17.9 Å². The molecule has 0 saturated heterocycles. The highest BCUT2D eigenvalue weighted by Gasteiger charge is 2.23. The number of allylic oxidation sites excluding steroid dienone is 1. The summed E-state index contributed by atoms with van der Waals surface area (Å²) >= 11 is 0. The minimum atomic E-state index is -3.82. The van der Waals surface area contributed by atoms with Crippen LogP contribution in [0.3, 0.4) is 0 Å². The number of aromatic nitrogens is 2. The molecular formula is C24H27N3O5S. The molecule has 0 radical (unpaired) electrons. The summed E-state index contributed by atoms with van der Waals surface area (Å²) in [5.41, 5.74) is 2.34. The van der Waals surface area contributed by atoms with E-state index in [4.69, 9.17) is 9.47 Å². The van der Waals surface area contributed by atoms with Crippen LogP contribution in [-0.4, -0.2) is 48.4 Å². The second kappa shape index (κ2) is 10.9. The fourth-order valence-electron chi connectivity index (χ4n) is 3.06. The quantitative estimate of drug-likeness (QED) is 0.334. The monoisotopic (exact) mass is 469 g/mol. The molecule has 33 heavy (non-hydrogen) atoms. The number of imidazole rings is 1. The Morgan fingerprint density at radius 2 is 1.76 bits per heavy atom. The third-order valence-electron chi connectivity index (χ3n) is 4.75. The van der Waals surface area contributed by atoms with E-state index in [1.807, 2.05) is 54.6 Å². The molecule has 0 aliphatic carbocycles. The minimum absolute atomic E-state index is 0.154. The maximum absolute atomic E-state index is 12.7. The zero-order valence-corrected chi connectivity index (χ0v) is 19.7. The molecule has 8 nitrogen and oxygen atoms in total. The Morgan fingerprint density at radius 1 is 1.06 bits per heavy atom. The van der Waals surface area contributed by atoms with Crippen LogP contribution in [0.15, 0.2) is 73.1 Å². The third-order valence-corrected chi connectivity index (χ3v) is 6.46. The molecular weight excluding hydrogens is 442 g/mol. The zero-order chi connectivity index (χ0) is 23.8. The van der Waals surface area contributed by atoms with E-state index in [0.717, 1.165) is 19.4 Å². The number of benzene rings is 2. The Morgan fingerprint density at radius 3 is 2.39 bits per heavy atom. The van der Waals surface area contributed by atoms with Crippen molar-refractivity contribution in [1.82, 2.24) is 13.3 Å². The zero-order valence-electron chi connectivity index (χ0n) is 18.8. The molecule has 0 amide bonds. The molecule has 0 aliphatic rings. The van der Waals surface area contributed by atoms with Crippen LogP contribution in [0.1, 0.15) is 23.9 Å². The first kappa shape index (κ1) is 24.2. The number of ether oxygens (including phenoxy) is 2. The average molecular weight is 470 g/mol. The van der Waals surface area contributed by atoms with Crippen LogP contribution in [0.5, 0.6) is 5.75 Å². The standard InChI is InChI=1S/C24H27N3O5S/c1-4-31-23(28)17-21(24-25-14-15-27(24)33(29,30)26(2)3)16-19-10-12-22(13-11-19)32-18-20-8-6-5-7-9-20/h5-15,17H,4,16,18H2,1-3H3/b21-17-. The normalized spacial score (nSPS) is 12.1. The van der Waals surface area contributed by atoms with Crippen molar-refractivity contribution in [2.45, 2.75) is 20.0 Å². The van der Waals surface area contributed by atoms with Crippen molar-refractivity contribution in [3.05, 3.63) is 90.0 Å². The largest absolute Gasteiger partial charge is 0.489 e. The highest BCUT2D eigenvalue weighted by atomic mass is 32.2. The van der Waals surface area contributed by atoms with Gasteiger partial charge in [0.15, 0.2) is 5.82 Å². The molecule has 1 aromatic heterocycles. The Hall–Kier alpha value is -3.43. The van der Waals surface area contributed by atoms with E-state index in [1.165, 1.54) is 32.6 Å². The van der Waals surface area contributed by atoms with Gasteiger partial charge in [-0.05, 0) is 30.2 Å². The molecule has 0 atom stereocenters. The summed E-state index contributed by atoms with van der Waals surface area (Å²) in [4.78, 5) is 16.4. The predicted octanol–water partition coefficient (Wildman–Crippen LogP) is 3.31. The number of carbonyl (C=O) groups excluding carboxylic acids is 1. The predicted molar refractivity (Wildman–Crippen MR) is 126 cm³/mol. The van der Waals surface area contributed by atoms with Crippen molar-refractivity contribution in [3.63, 3.8) is 0 Å². The number of carbonyl (C=O) groups is 1. The Kier molecular flexibility index (Phi) is 8.02. The first-order chi connectivity index (χ1) is 15.8. The number of hydrogen-bond acceptors (Lipinski definition) is 6. The van der Waals surface area contributed by atoms with Crippen LogP contribution >= 0.6 is 0 Å². The van der Waals surface area contributed by atoms with Crippen LogP contribution in [0, 0.1) is 0 Å². The van der Waals surface area contributed by atoms with Crippen LogP contribution < -0.4 is 4.74 Å². The van der Waals surface area contributed by atoms with Gasteiger partial charge in [-0.25, -0.2) is 13.8 Å². The molecule has 0 aliphatic heterocycles. The highest BCUT2D eigenvalue weighted by molar-refractivity contribution is 7.87. The second-order valence-corrected chi connectivity index (χ2v) is 9.37. The Balaban J connectivity index is 1.84. The molecule has 0 unspecified atom stereocenters. The summed E-state index contributed by atoms with van der Waals surface area (Å²) in [6.07, 6.45) is 4.30. The summed E-state index contributed by atoms with van der Waals surface area (Å²) < 4.78 is 38.4. The van der Waals surface area contributed by atoms with Crippen molar-refractivity contribution < 1.29 is 22.7 Å². The second-order valence-electron chi connectivity index (χ2n) is 7.35. The third kappa shape index (κ3) is 6.30. The smallest absolute Gasteiger partial charge is 0.331 e. The number of esters is 1. The van der Waals surface area contributed by atoms with Gasteiger partial charge in [-0.15, -0.1) is 0 Å². The van der Waals surface area contributed by atoms with Crippen molar-refractivity contribution in [2.24, 2.45) is 0 Å². The fraction of sp³-hybridized carbons (Fsp3) is 0.250. The maximum atomic E-state index is 12.7. The van der Waals surface area contributed by atoms with Crippen molar-refractivity contribution in [3.8, 4) is 5.75 Å². The molecule has 0 fully saturated rings. The molecule has 3 aromatic rings. The molecule has 2 aromatic carbocycles. The SMILES string of the molecule is CCOC(=O)/C=C(/Cc1ccc(OCc2ccccc2)cc1)c1nccn1S(=O)(=O)N(C)C. The van der Waals surface area contributed by atoms with E-state index < -0.39 is 16.2 Å². The summed E-state index contributed by atoms with van der Waals surface area (Å²) in [5, 5.41) is 0. The van der Waals surface area contributed by atoms with Crippen molar-refractivity contribution >= 4 is 21.8 Å². The van der Waals surface area contributed by atoms with Gasteiger partial charge in [0.05, 0.1) is 6.61 Å². The van der Waals surface area contributed by atoms with Crippen LogP contribution in [0.25, 0.3) is 5.57 Å². The van der Waals surface area contributed by atoms with E-state index in [-0.39, 0.29) is 18.9 Å². The van der Waals surface area contributed by atoms with Crippen molar-refractivity contribution in [2.75, 3.05) is 20.7 Å². The van der Waals surface area contributed by atoms with E-state index in [9.17, 15) is 13.2 Å². The molecule has 3 rings (SSSR count). The Labute approximate surface area is 194 Å². The first-order valence-corrected chi connectivity index (χ1v) is 11.8. The number of hydrogen-bond donors (Lipinski definition) is 0. The van der Waals surface area contributed by atoms with Gasteiger partial charge in [0.1, 0.15) is 12.4 Å². The molecule has 0 N–H and O–H groups in total. The highest BCUT2D eigenvalue weighted by Crippen LogP contribution is 2.23. The van der Waals surface area contributed by atoms with Gasteiger partial charge < -0.3 is 9.47 Å². The van der Waals surface area contributed by atoms with Gasteiger partial charge in [-0.2, -0.15) is 12.7 Å². The van der Waals surface area contributed by atoms with Crippen LogP contribution in [0.2, 0.25) is 0 Å². The minimum Gasteiger partial charge on any atom is -0.489 e. The fourth-order valence-corrected chi connectivity index (χ4v) is 4.01. The van der Waals surface area contributed by atoms with E-state index in [2.05, 4.69) is 4.98 Å². The van der Waals surface area contributed by atoms with Crippen molar-refractivity contribution in [1.29, 1.82) is 0 Å². The summed E-state index contributed by atoms with van der Waals surface area (Å²) in [6, 6.07) is 17.3. The topological polar surface area (TPSA) is 90.7 Å². The number of nitrogens with zero attached hydrogens (tertiary/aromatic N) is 3. The van der Waals surface area contributed by atoms with Gasteiger partial charge in [0.2, 0.25) is 0 Å². The lowest BCUT2D eigenvalue weighted by atomic mass is 10.0. The van der Waals surface area contributed by atoms with E-state index >= 15 is 0 Å². The summed E-state index contributed by atoms with van der Waals surface area (Å²) in [5.74, 6) is 0.295. The van der Waals surface area contributed by atoms with E-state index in [1.54, 1.807) is 6.92 Å². The van der Waals surface area contributed by atoms with Gasteiger partial charge in [0, 0.05) is 44.6 Å². The average Bonchev–Trinajstić information content (AvgIpc) is 3.30. The molecule has 9 heteroatoms. The van der Waals surface area contributed by atoms with Gasteiger partial charge in [-0.3, -0.25) is 0 Å². The maximum Gasteiger partial charge on any atom is 0.331 e. The molecule has 0 spiro atoms. The summed E-state index contributed by atoms with van der Waals surface area (Å²) in [6.45, 7) is 2.37. The lowest BCUT2D eigenvalue weighted by Gasteiger charge is -2.16. The lowest BCUT2D eigenvalue weighted by Crippen LogP contribution is -2.29. The molecule has 1 heterocycles.